The van der Waals surface area contributed by atoms with E-state index in [-0.39, 0.29) is 28.8 Å². The first-order chi connectivity index (χ1) is 8.83. The summed E-state index contributed by atoms with van der Waals surface area (Å²) in [5, 5.41) is 21.4. The van der Waals surface area contributed by atoms with Crippen LogP contribution in [0.5, 0.6) is 0 Å². The zero-order valence-corrected chi connectivity index (χ0v) is 15.9. The molecule has 0 amide bonds. The van der Waals surface area contributed by atoms with Gasteiger partial charge in [0.15, 0.2) is 12.5 Å². The molecular weight excluding hydrogens is 318 g/mol. The Morgan fingerprint density at radius 1 is 0.750 bits per heavy atom. The highest BCUT2D eigenvalue weighted by atomic mass is 79.9. The first-order valence-corrected chi connectivity index (χ1v) is 8.06. The molecule has 0 aromatic carbocycles. The molecule has 0 heterocycles. The second kappa shape index (κ2) is 11.0. The van der Waals surface area contributed by atoms with Crippen molar-refractivity contribution in [2.45, 2.75) is 79.7 Å². The summed E-state index contributed by atoms with van der Waals surface area (Å²) in [6, 6.07) is 0. The molecule has 0 aromatic heterocycles. The van der Waals surface area contributed by atoms with E-state index in [9.17, 15) is 10.2 Å². The average Bonchev–Trinajstić information content (AvgIpc) is 2.37. The van der Waals surface area contributed by atoms with Crippen molar-refractivity contribution < 1.29 is 31.7 Å². The van der Waals surface area contributed by atoms with Crippen LogP contribution in [0.25, 0.3) is 0 Å². The van der Waals surface area contributed by atoms with E-state index in [0.717, 1.165) is 38.8 Å². The van der Waals surface area contributed by atoms with Gasteiger partial charge in [-0.05, 0) is 12.8 Å². The molecule has 2 N–H and O–H groups in total. The number of rotatable bonds is 10. The van der Waals surface area contributed by atoms with E-state index < -0.39 is 12.5 Å². The molecule has 0 aliphatic carbocycles. The number of halogens is 1. The summed E-state index contributed by atoms with van der Waals surface area (Å²) >= 11 is 0. The van der Waals surface area contributed by atoms with E-state index in [1.54, 1.807) is 0 Å². The van der Waals surface area contributed by atoms with Crippen molar-refractivity contribution >= 4 is 0 Å². The van der Waals surface area contributed by atoms with Crippen LogP contribution in [0.15, 0.2) is 0 Å². The maximum absolute atomic E-state index is 10.7. The van der Waals surface area contributed by atoms with Gasteiger partial charge in [-0.15, -0.1) is 0 Å². The summed E-state index contributed by atoms with van der Waals surface area (Å²) < 4.78 is 0.455. The molecular formula is C16H36BrNO2. The zero-order valence-electron chi connectivity index (χ0n) is 14.3. The van der Waals surface area contributed by atoms with Crippen molar-refractivity contribution in [3.8, 4) is 0 Å². The van der Waals surface area contributed by atoms with Gasteiger partial charge in [0.05, 0.1) is 13.1 Å². The zero-order chi connectivity index (χ0) is 15.1. The Hall–Kier alpha value is 0.360. The van der Waals surface area contributed by atoms with Crippen LogP contribution in [-0.4, -0.2) is 40.2 Å². The van der Waals surface area contributed by atoms with Crippen molar-refractivity contribution in [2.24, 2.45) is 11.8 Å². The van der Waals surface area contributed by atoms with Crippen LogP contribution in [-0.2, 0) is 0 Å². The molecule has 4 heteroatoms. The molecule has 124 valence electrons. The maximum Gasteiger partial charge on any atom is 0.194 e. The summed E-state index contributed by atoms with van der Waals surface area (Å²) in [4.78, 5) is 0. The Bertz CT molecular complexity index is 211. The third kappa shape index (κ3) is 6.00. The van der Waals surface area contributed by atoms with Crippen molar-refractivity contribution in [1.82, 2.24) is 0 Å². The van der Waals surface area contributed by atoms with Crippen LogP contribution >= 0.6 is 0 Å². The number of aliphatic hydroxyl groups excluding tert-OH is 2. The van der Waals surface area contributed by atoms with Crippen molar-refractivity contribution in [3.63, 3.8) is 0 Å². The Kier molecular flexibility index (Phi) is 12.4. The molecule has 0 aliphatic rings. The number of hydrogen-bond donors (Lipinski definition) is 2. The molecule has 2 atom stereocenters. The number of unbranched alkanes of at least 4 members (excludes halogenated alkanes) is 2. The van der Waals surface area contributed by atoms with E-state index in [0.29, 0.717) is 4.48 Å². The SMILES string of the molecule is CCCC[N+](CCCC)(C(O)C(C)C)C(O)C(C)C.[Br-]. The molecule has 0 spiro atoms. The second-order valence-electron chi connectivity index (χ2n) is 6.57. The number of hydrogen-bond acceptors (Lipinski definition) is 2. The monoisotopic (exact) mass is 353 g/mol. The Morgan fingerprint density at radius 3 is 1.25 bits per heavy atom. The molecule has 0 saturated carbocycles. The fraction of sp³-hybridized carbons (Fsp3) is 1.00. The summed E-state index contributed by atoms with van der Waals surface area (Å²) in [6.45, 7) is 14.2. The minimum Gasteiger partial charge on any atom is -1.00 e. The van der Waals surface area contributed by atoms with Gasteiger partial charge in [-0.2, -0.15) is 0 Å². The summed E-state index contributed by atoms with van der Waals surface area (Å²) in [5.41, 5.74) is 0. The van der Waals surface area contributed by atoms with E-state index >= 15 is 0 Å². The topological polar surface area (TPSA) is 40.5 Å². The highest BCUT2D eigenvalue weighted by molar-refractivity contribution is 4.61. The van der Waals surface area contributed by atoms with Gasteiger partial charge in [0.25, 0.3) is 0 Å². The van der Waals surface area contributed by atoms with Crippen LogP contribution in [0.3, 0.4) is 0 Å². The average molecular weight is 354 g/mol. The van der Waals surface area contributed by atoms with Gasteiger partial charge in [0.1, 0.15) is 0 Å². The standard InChI is InChI=1S/C16H36NO2.BrH/c1-7-9-11-17(12-10-8-2,15(18)13(3)4)16(19)14(5)6;/h13-16,18-19H,7-12H2,1-6H3;1H/q+1;/p-1. The molecule has 0 radical (unpaired) electrons. The quantitative estimate of drug-likeness (QED) is 0.439. The highest BCUT2D eigenvalue weighted by Crippen LogP contribution is 2.28. The minimum atomic E-state index is -0.476. The van der Waals surface area contributed by atoms with Gasteiger partial charge in [0, 0.05) is 11.8 Å². The Balaban J connectivity index is 0. The van der Waals surface area contributed by atoms with Crippen LogP contribution in [0, 0.1) is 11.8 Å². The Labute approximate surface area is 136 Å². The lowest BCUT2D eigenvalue weighted by Crippen LogP contribution is -3.00. The number of nitrogens with zero attached hydrogens (tertiary/aromatic N) is 1. The minimum absolute atomic E-state index is 0. The largest absolute Gasteiger partial charge is 1.00 e. The molecule has 20 heavy (non-hydrogen) atoms. The maximum atomic E-state index is 10.7. The summed E-state index contributed by atoms with van der Waals surface area (Å²) in [5.74, 6) is 0.337. The third-order valence-corrected chi connectivity index (χ3v) is 4.10. The van der Waals surface area contributed by atoms with Gasteiger partial charge < -0.3 is 27.2 Å². The Morgan fingerprint density at radius 2 is 1.05 bits per heavy atom. The summed E-state index contributed by atoms with van der Waals surface area (Å²) in [6.07, 6.45) is 3.35. The molecule has 0 aromatic rings. The van der Waals surface area contributed by atoms with E-state index in [4.69, 9.17) is 0 Å². The smallest absolute Gasteiger partial charge is 0.194 e. The fourth-order valence-corrected chi connectivity index (χ4v) is 2.89. The molecule has 0 fully saturated rings. The molecule has 0 saturated heterocycles. The lowest BCUT2D eigenvalue weighted by Gasteiger charge is -2.48. The first kappa shape index (κ1) is 22.6. The fourth-order valence-electron chi connectivity index (χ4n) is 2.89. The second-order valence-corrected chi connectivity index (χ2v) is 6.57. The predicted octanol–water partition coefficient (Wildman–Crippen LogP) is 0.356. The van der Waals surface area contributed by atoms with Crippen LogP contribution < -0.4 is 17.0 Å². The molecule has 0 aliphatic heterocycles. The molecule has 2 unspecified atom stereocenters. The van der Waals surface area contributed by atoms with Gasteiger partial charge in [0.2, 0.25) is 0 Å². The molecule has 0 rings (SSSR count). The van der Waals surface area contributed by atoms with E-state index in [2.05, 4.69) is 13.8 Å². The van der Waals surface area contributed by atoms with Gasteiger partial charge in [-0.25, -0.2) is 0 Å². The van der Waals surface area contributed by atoms with Crippen molar-refractivity contribution in [1.29, 1.82) is 0 Å². The van der Waals surface area contributed by atoms with Gasteiger partial charge in [-0.1, -0.05) is 54.4 Å². The third-order valence-electron chi connectivity index (χ3n) is 4.10. The first-order valence-electron chi connectivity index (χ1n) is 8.06. The van der Waals surface area contributed by atoms with Crippen LogP contribution in [0.2, 0.25) is 0 Å². The normalized spacial score (nSPS) is 15.3. The molecule has 0 bridgehead atoms. The number of quaternary nitrogens is 1. The van der Waals surface area contributed by atoms with Gasteiger partial charge in [-0.3, -0.25) is 4.48 Å². The van der Waals surface area contributed by atoms with Gasteiger partial charge >= 0.3 is 0 Å². The van der Waals surface area contributed by atoms with Crippen LogP contribution in [0.1, 0.15) is 67.2 Å². The van der Waals surface area contributed by atoms with Crippen molar-refractivity contribution in [3.05, 3.63) is 0 Å². The summed E-state index contributed by atoms with van der Waals surface area (Å²) in [7, 11) is 0. The van der Waals surface area contributed by atoms with E-state index in [1.165, 1.54) is 0 Å². The highest BCUT2D eigenvalue weighted by Gasteiger charge is 2.44. The number of aliphatic hydroxyl groups is 2. The lowest BCUT2D eigenvalue weighted by molar-refractivity contribution is -1.02. The predicted molar refractivity (Wildman–Crippen MR) is 81.5 cm³/mol. The lowest BCUT2D eigenvalue weighted by atomic mass is 10.0. The van der Waals surface area contributed by atoms with Crippen LogP contribution in [0.4, 0.5) is 0 Å². The van der Waals surface area contributed by atoms with E-state index in [1.807, 2.05) is 27.7 Å². The molecule has 3 nitrogen and oxygen atoms in total. The van der Waals surface area contributed by atoms with Crippen molar-refractivity contribution in [2.75, 3.05) is 13.1 Å².